The van der Waals surface area contributed by atoms with E-state index in [0.717, 1.165) is 46.2 Å². The molecule has 2 heterocycles. The van der Waals surface area contributed by atoms with Crippen molar-refractivity contribution in [3.63, 3.8) is 0 Å². The van der Waals surface area contributed by atoms with Crippen molar-refractivity contribution in [1.29, 1.82) is 0 Å². The van der Waals surface area contributed by atoms with Gasteiger partial charge in [-0.25, -0.2) is 9.97 Å². The third-order valence-corrected chi connectivity index (χ3v) is 8.58. The average molecular weight is 499 g/mol. The Kier molecular flexibility index (Phi) is 7.42. The fourth-order valence-corrected chi connectivity index (χ4v) is 5.96. The first kappa shape index (κ1) is 24.6. The Hall–Kier alpha value is -3.12. The number of nitrogens with one attached hydrogen (secondary N) is 1. The molecule has 1 N–H and O–H groups in total. The molecule has 1 aliphatic rings. The Balaban J connectivity index is 1.27. The van der Waals surface area contributed by atoms with E-state index in [9.17, 15) is 4.79 Å². The Bertz CT molecular complexity index is 1330. The number of carbonyl (C=O) groups excluding carboxylic acids is 1. The number of aryl methyl sites for hydroxylation is 1. The van der Waals surface area contributed by atoms with E-state index >= 15 is 0 Å². The molecule has 1 aliphatic carbocycles. The number of carbonyl (C=O) groups is 1. The first-order valence-corrected chi connectivity index (χ1v) is 13.9. The number of fused-ring (bicyclic) bond motifs is 1. The lowest BCUT2D eigenvalue weighted by Crippen LogP contribution is -2.43. The summed E-state index contributed by atoms with van der Waals surface area (Å²) in [4.78, 5) is 22.3. The monoisotopic (exact) mass is 498 g/mol. The van der Waals surface area contributed by atoms with Gasteiger partial charge in [-0.3, -0.25) is 9.36 Å². The zero-order valence-corrected chi connectivity index (χ0v) is 22.1. The molecule has 0 aliphatic heterocycles. The summed E-state index contributed by atoms with van der Waals surface area (Å²) in [7, 11) is 0. The molecule has 5 nitrogen and oxygen atoms in total. The summed E-state index contributed by atoms with van der Waals surface area (Å²) < 4.78 is 2.19. The van der Waals surface area contributed by atoms with Crippen molar-refractivity contribution in [2.24, 2.45) is 11.8 Å². The van der Waals surface area contributed by atoms with Crippen molar-refractivity contribution in [2.45, 2.75) is 63.5 Å². The van der Waals surface area contributed by atoms with Crippen LogP contribution >= 0.6 is 11.8 Å². The summed E-state index contributed by atoms with van der Waals surface area (Å²) in [6.45, 7) is 7.38. The van der Waals surface area contributed by atoms with Crippen LogP contribution in [0.1, 0.15) is 60.2 Å². The van der Waals surface area contributed by atoms with Gasteiger partial charge in [-0.1, -0.05) is 80.4 Å². The highest BCUT2D eigenvalue weighted by Crippen LogP contribution is 2.30. The van der Waals surface area contributed by atoms with Crippen LogP contribution in [0, 0.1) is 18.8 Å². The maximum atomic E-state index is 12.9. The van der Waals surface area contributed by atoms with Crippen molar-refractivity contribution in [3.05, 3.63) is 89.1 Å². The van der Waals surface area contributed by atoms with Gasteiger partial charge in [-0.05, 0) is 60.6 Å². The van der Waals surface area contributed by atoms with Gasteiger partial charge in [-0.15, -0.1) is 0 Å². The second-order valence-electron chi connectivity index (χ2n) is 10.1. The van der Waals surface area contributed by atoms with Crippen LogP contribution in [0.15, 0.2) is 72.0 Å². The second kappa shape index (κ2) is 10.9. The van der Waals surface area contributed by atoms with Gasteiger partial charge < -0.3 is 5.32 Å². The van der Waals surface area contributed by atoms with E-state index in [1.807, 2.05) is 30.5 Å². The first-order valence-electron chi connectivity index (χ1n) is 12.9. The van der Waals surface area contributed by atoms with E-state index in [2.05, 4.69) is 72.0 Å². The fraction of sp³-hybridized carbons (Fsp3) is 0.367. The molecular formula is C30H34N4OS. The summed E-state index contributed by atoms with van der Waals surface area (Å²) in [6.07, 6.45) is 5.35. The van der Waals surface area contributed by atoms with Gasteiger partial charge in [0.2, 0.25) is 0 Å². The van der Waals surface area contributed by atoms with Gasteiger partial charge in [-0.2, -0.15) is 0 Å². The lowest BCUT2D eigenvalue weighted by Gasteiger charge is -2.34. The summed E-state index contributed by atoms with van der Waals surface area (Å²) >= 11 is 1.70. The SMILES string of the molecule is Cc1ccc(Cn2c(SCc3ccc(C(=O)N[C@@H]4CCC[C@H](C)[C@H]4C)cc3)nc3cccnc32)cc1. The zero-order valence-electron chi connectivity index (χ0n) is 21.3. The first-order chi connectivity index (χ1) is 17.5. The average Bonchev–Trinajstić information content (AvgIpc) is 3.24. The molecule has 5 rings (SSSR count). The van der Waals surface area contributed by atoms with Crippen molar-refractivity contribution in [3.8, 4) is 0 Å². The van der Waals surface area contributed by atoms with Crippen molar-refractivity contribution >= 4 is 28.8 Å². The molecule has 186 valence electrons. The van der Waals surface area contributed by atoms with E-state index in [1.165, 1.54) is 24.0 Å². The van der Waals surface area contributed by atoms with Gasteiger partial charge >= 0.3 is 0 Å². The number of hydrogen-bond donors (Lipinski definition) is 1. The Morgan fingerprint density at radius 2 is 1.78 bits per heavy atom. The predicted molar refractivity (Wildman–Crippen MR) is 147 cm³/mol. The lowest BCUT2D eigenvalue weighted by atomic mass is 9.78. The molecular weight excluding hydrogens is 464 g/mol. The molecule has 1 saturated carbocycles. The largest absolute Gasteiger partial charge is 0.349 e. The molecule has 2 aromatic heterocycles. The summed E-state index contributed by atoms with van der Waals surface area (Å²) in [5.41, 5.74) is 6.18. The Labute approximate surface area is 217 Å². The maximum absolute atomic E-state index is 12.9. The van der Waals surface area contributed by atoms with Crippen LogP contribution in [-0.4, -0.2) is 26.5 Å². The van der Waals surface area contributed by atoms with Crippen LogP contribution in [-0.2, 0) is 12.3 Å². The maximum Gasteiger partial charge on any atom is 0.251 e. The molecule has 1 amide bonds. The summed E-state index contributed by atoms with van der Waals surface area (Å²) in [5.74, 6) is 1.99. The number of nitrogens with zero attached hydrogens (tertiary/aromatic N) is 3. The number of imidazole rings is 1. The topological polar surface area (TPSA) is 59.8 Å². The third kappa shape index (κ3) is 5.49. The smallest absolute Gasteiger partial charge is 0.251 e. The number of thioether (sulfide) groups is 1. The van der Waals surface area contributed by atoms with Crippen LogP contribution in [0.3, 0.4) is 0 Å². The Morgan fingerprint density at radius 1 is 1.03 bits per heavy atom. The van der Waals surface area contributed by atoms with E-state index in [1.54, 1.807) is 11.8 Å². The molecule has 2 aromatic carbocycles. The zero-order chi connectivity index (χ0) is 25.1. The van der Waals surface area contributed by atoms with E-state index in [4.69, 9.17) is 4.98 Å². The number of amides is 1. The highest BCUT2D eigenvalue weighted by molar-refractivity contribution is 7.98. The second-order valence-corrected chi connectivity index (χ2v) is 11.1. The van der Waals surface area contributed by atoms with Crippen LogP contribution in [0.25, 0.3) is 11.2 Å². The van der Waals surface area contributed by atoms with Crippen LogP contribution in [0.4, 0.5) is 0 Å². The molecule has 0 radical (unpaired) electrons. The summed E-state index contributed by atoms with van der Waals surface area (Å²) in [6, 6.07) is 20.8. The molecule has 0 unspecified atom stereocenters. The van der Waals surface area contributed by atoms with E-state index < -0.39 is 0 Å². The molecule has 0 bridgehead atoms. The minimum absolute atomic E-state index is 0.0334. The minimum atomic E-state index is 0.0334. The molecule has 36 heavy (non-hydrogen) atoms. The van der Waals surface area contributed by atoms with Gasteiger partial charge in [0.15, 0.2) is 10.8 Å². The third-order valence-electron chi connectivity index (χ3n) is 7.54. The molecule has 1 fully saturated rings. The number of aromatic nitrogens is 3. The summed E-state index contributed by atoms with van der Waals surface area (Å²) in [5, 5.41) is 4.23. The van der Waals surface area contributed by atoms with Crippen LogP contribution in [0.5, 0.6) is 0 Å². The highest BCUT2D eigenvalue weighted by Gasteiger charge is 2.28. The number of benzene rings is 2. The van der Waals surface area contributed by atoms with Gasteiger partial charge in [0.05, 0.1) is 6.54 Å². The van der Waals surface area contributed by atoms with Crippen LogP contribution in [0.2, 0.25) is 0 Å². The van der Waals surface area contributed by atoms with E-state index in [-0.39, 0.29) is 11.9 Å². The number of rotatable bonds is 7. The van der Waals surface area contributed by atoms with Crippen LogP contribution < -0.4 is 5.32 Å². The van der Waals surface area contributed by atoms with Crippen molar-refractivity contribution in [1.82, 2.24) is 19.9 Å². The molecule has 6 heteroatoms. The molecule has 3 atom stereocenters. The Morgan fingerprint density at radius 3 is 2.56 bits per heavy atom. The molecule has 0 spiro atoms. The number of pyridine rings is 1. The van der Waals surface area contributed by atoms with Crippen molar-refractivity contribution < 1.29 is 4.79 Å². The normalized spacial score (nSPS) is 19.9. The van der Waals surface area contributed by atoms with Crippen molar-refractivity contribution in [2.75, 3.05) is 0 Å². The van der Waals surface area contributed by atoms with Gasteiger partial charge in [0, 0.05) is 23.6 Å². The number of hydrogen-bond acceptors (Lipinski definition) is 4. The molecule has 4 aromatic rings. The predicted octanol–water partition coefficient (Wildman–Crippen LogP) is 6.63. The standard InChI is InChI=1S/C30H34N4OS/c1-20-9-11-23(12-10-20)18-34-28-27(8-5-17-31-28)33-30(34)36-19-24-13-15-25(16-14-24)29(35)32-26-7-4-6-21(2)22(26)3/h5,8-17,21-22,26H,4,6-7,18-19H2,1-3H3,(H,32,35)/t21-,22+,26+/m0/s1. The highest BCUT2D eigenvalue weighted by atomic mass is 32.2. The lowest BCUT2D eigenvalue weighted by molar-refractivity contribution is 0.0891. The van der Waals surface area contributed by atoms with E-state index in [0.29, 0.717) is 11.8 Å². The quantitative estimate of drug-likeness (QED) is 0.290. The van der Waals surface area contributed by atoms with Gasteiger partial charge in [0.1, 0.15) is 5.52 Å². The van der Waals surface area contributed by atoms with Gasteiger partial charge in [0.25, 0.3) is 5.91 Å². The fourth-order valence-electron chi connectivity index (χ4n) is 5.00. The minimum Gasteiger partial charge on any atom is -0.349 e. The molecule has 0 saturated heterocycles.